The number of hydrogen-bond acceptors (Lipinski definition) is 7. The maximum Gasteiger partial charge on any atom is 0.416 e. The van der Waals surface area contributed by atoms with Crippen LogP contribution in [0, 0.1) is 18.3 Å². The van der Waals surface area contributed by atoms with E-state index in [1.165, 1.54) is 12.1 Å². The van der Waals surface area contributed by atoms with Crippen LogP contribution in [-0.2, 0) is 17.5 Å². The van der Waals surface area contributed by atoms with Crippen LogP contribution in [0.3, 0.4) is 0 Å². The van der Waals surface area contributed by atoms with Gasteiger partial charge in [0.25, 0.3) is 0 Å². The zero-order valence-electron chi connectivity index (χ0n) is 21.4. The Morgan fingerprint density at radius 2 is 2.00 bits per heavy atom. The average molecular weight is 543 g/mol. The van der Waals surface area contributed by atoms with Crippen LogP contribution in [0.1, 0.15) is 54.4 Å². The van der Waals surface area contributed by atoms with Crippen molar-refractivity contribution in [1.82, 2.24) is 19.5 Å². The van der Waals surface area contributed by atoms with Crippen LogP contribution in [0.15, 0.2) is 24.3 Å². The van der Waals surface area contributed by atoms with Crippen molar-refractivity contribution in [3.05, 3.63) is 41.2 Å². The molecule has 0 amide bonds. The molecular weight excluding hydrogens is 513 g/mol. The molecule has 1 unspecified atom stereocenters. The molecule has 2 aliphatic rings. The first kappa shape index (κ1) is 26.7. The third-order valence-corrected chi connectivity index (χ3v) is 7.38. The van der Waals surface area contributed by atoms with Gasteiger partial charge >= 0.3 is 12.1 Å². The van der Waals surface area contributed by atoms with E-state index in [1.54, 1.807) is 0 Å². The largest absolute Gasteiger partial charge is 0.475 e. The summed E-state index contributed by atoms with van der Waals surface area (Å²) in [6.45, 7) is 3.55. The molecule has 9 nitrogen and oxygen atoms in total. The number of ether oxygens (including phenoxy) is 1. The Labute approximate surface area is 223 Å². The highest BCUT2D eigenvalue weighted by Gasteiger charge is 2.31. The van der Waals surface area contributed by atoms with Crippen molar-refractivity contribution in [3.63, 3.8) is 0 Å². The van der Waals surface area contributed by atoms with Crippen molar-refractivity contribution in [2.45, 2.75) is 57.5 Å². The molecule has 206 valence electrons. The van der Waals surface area contributed by atoms with Gasteiger partial charge in [0.15, 0.2) is 11.5 Å². The van der Waals surface area contributed by atoms with Crippen molar-refractivity contribution in [3.8, 4) is 12.3 Å². The van der Waals surface area contributed by atoms with Crippen molar-refractivity contribution >= 4 is 28.9 Å². The topological polar surface area (TPSA) is 105 Å². The lowest BCUT2D eigenvalue weighted by Crippen LogP contribution is -2.43. The molecule has 0 bridgehead atoms. The number of imidazole rings is 1. The molecule has 0 spiro atoms. The van der Waals surface area contributed by atoms with E-state index >= 15 is 0 Å². The molecule has 2 atom stereocenters. The van der Waals surface area contributed by atoms with E-state index in [-0.39, 0.29) is 30.2 Å². The van der Waals surface area contributed by atoms with E-state index in [9.17, 15) is 23.1 Å². The van der Waals surface area contributed by atoms with Gasteiger partial charge in [-0.1, -0.05) is 18.6 Å². The number of fused-ring (bicyclic) bond motifs is 1. The van der Waals surface area contributed by atoms with Crippen molar-refractivity contribution < 1.29 is 27.8 Å². The minimum Gasteiger partial charge on any atom is -0.475 e. The number of carboxylic acids is 1. The smallest absolute Gasteiger partial charge is 0.416 e. The first-order valence-corrected chi connectivity index (χ1v) is 12.9. The summed E-state index contributed by atoms with van der Waals surface area (Å²) in [4.78, 5) is 27.1. The predicted molar refractivity (Wildman–Crippen MR) is 139 cm³/mol. The molecule has 3 aromatic rings. The number of carbonyl (C=O) groups is 1. The molecule has 1 aliphatic heterocycles. The lowest BCUT2D eigenvalue weighted by Gasteiger charge is -2.33. The number of anilines is 2. The molecule has 2 aromatic heterocycles. The number of hydrogen-bond donors (Lipinski definition) is 2. The van der Waals surface area contributed by atoms with Crippen molar-refractivity contribution in [2.75, 3.05) is 29.9 Å². The van der Waals surface area contributed by atoms with E-state index in [0.29, 0.717) is 54.9 Å². The molecule has 39 heavy (non-hydrogen) atoms. The summed E-state index contributed by atoms with van der Waals surface area (Å²) >= 11 is 0. The van der Waals surface area contributed by atoms with E-state index in [0.717, 1.165) is 31.4 Å². The van der Waals surface area contributed by atoms with Gasteiger partial charge in [-0.3, -0.25) is 0 Å². The van der Waals surface area contributed by atoms with E-state index in [1.807, 2.05) is 16.4 Å². The first-order valence-electron chi connectivity index (χ1n) is 12.9. The minimum absolute atomic E-state index is 0.0276. The number of benzene rings is 1. The number of rotatable bonds is 8. The Bertz CT molecular complexity index is 1390. The monoisotopic (exact) mass is 542 g/mol. The van der Waals surface area contributed by atoms with Crippen LogP contribution in [0.25, 0.3) is 11.2 Å². The van der Waals surface area contributed by atoms with Crippen LogP contribution in [0.4, 0.5) is 24.9 Å². The summed E-state index contributed by atoms with van der Waals surface area (Å²) in [5.41, 5.74) is 0.546. The van der Waals surface area contributed by atoms with Gasteiger partial charge in [0.2, 0.25) is 11.8 Å². The minimum atomic E-state index is -4.44. The fourth-order valence-corrected chi connectivity index (χ4v) is 5.02. The SMILES string of the molecule is C#CCC1CN(c2nc3nc(C(=O)O)nc(N[C@H](C)C4CCC4)c3n2Cc2ccc(C(F)(F)F)cc2)CCO1. The lowest BCUT2D eigenvalue weighted by atomic mass is 9.80. The van der Waals surface area contributed by atoms with E-state index in [2.05, 4.69) is 21.2 Å². The summed E-state index contributed by atoms with van der Waals surface area (Å²) < 4.78 is 47.1. The van der Waals surface area contributed by atoms with Gasteiger partial charge in [-0.15, -0.1) is 12.3 Å². The number of aromatic nitrogens is 4. The van der Waals surface area contributed by atoms with Gasteiger partial charge in [-0.2, -0.15) is 18.2 Å². The molecule has 2 N–H and O–H groups in total. The van der Waals surface area contributed by atoms with Gasteiger partial charge in [0.1, 0.15) is 5.52 Å². The van der Waals surface area contributed by atoms with Crippen LogP contribution in [0.5, 0.6) is 0 Å². The first-order chi connectivity index (χ1) is 18.6. The summed E-state index contributed by atoms with van der Waals surface area (Å²) in [5, 5.41) is 13.1. The summed E-state index contributed by atoms with van der Waals surface area (Å²) in [5.74, 6) is 2.19. The average Bonchev–Trinajstić information content (AvgIpc) is 3.21. The predicted octanol–water partition coefficient (Wildman–Crippen LogP) is 4.42. The Morgan fingerprint density at radius 1 is 1.26 bits per heavy atom. The van der Waals surface area contributed by atoms with Crippen LogP contribution >= 0.6 is 0 Å². The third kappa shape index (κ3) is 5.63. The number of nitrogens with zero attached hydrogens (tertiary/aromatic N) is 5. The highest BCUT2D eigenvalue weighted by molar-refractivity contribution is 5.91. The molecule has 12 heteroatoms. The van der Waals surface area contributed by atoms with Gasteiger partial charge in [-0.25, -0.2) is 14.8 Å². The fourth-order valence-electron chi connectivity index (χ4n) is 5.02. The second kappa shape index (κ2) is 10.7. The second-order valence-corrected chi connectivity index (χ2v) is 10.0. The van der Waals surface area contributed by atoms with Crippen LogP contribution in [0.2, 0.25) is 0 Å². The van der Waals surface area contributed by atoms with Crippen LogP contribution < -0.4 is 10.2 Å². The second-order valence-electron chi connectivity index (χ2n) is 10.0. The number of alkyl halides is 3. The molecule has 0 radical (unpaired) electrons. The van der Waals surface area contributed by atoms with Gasteiger partial charge < -0.3 is 24.6 Å². The Hall–Kier alpha value is -3.85. The van der Waals surface area contributed by atoms with E-state index in [4.69, 9.17) is 16.1 Å². The number of carboxylic acid groups (broad SMARTS) is 1. The zero-order chi connectivity index (χ0) is 27.7. The highest BCUT2D eigenvalue weighted by atomic mass is 19.4. The number of aromatic carboxylic acids is 1. The summed E-state index contributed by atoms with van der Waals surface area (Å²) in [7, 11) is 0. The Balaban J connectivity index is 1.62. The standard InChI is InChI=1S/C27H29F3N6O3/c1-3-5-20-15-35(12-13-39-20)26-34-23-21(36(26)14-17-8-10-19(11-9-17)27(28,29)30)22(32-24(33-23)25(37)38)31-16(2)18-6-4-7-18/h1,8-11,16,18,20H,4-7,12-15H2,2H3,(H,37,38)(H,31,32,33)/t16-,20?/m1/s1. The number of morpholine rings is 1. The molecule has 1 aromatic carbocycles. The highest BCUT2D eigenvalue weighted by Crippen LogP contribution is 2.34. The van der Waals surface area contributed by atoms with Gasteiger partial charge in [0, 0.05) is 25.6 Å². The molecule has 5 rings (SSSR count). The zero-order valence-corrected chi connectivity index (χ0v) is 21.4. The van der Waals surface area contributed by atoms with Gasteiger partial charge in [-0.05, 0) is 43.4 Å². The quantitative estimate of drug-likeness (QED) is 0.403. The maximum absolute atomic E-state index is 13.2. The molecule has 1 saturated carbocycles. The summed E-state index contributed by atoms with van der Waals surface area (Å²) in [6.07, 6.45) is 4.51. The Kier molecular flexibility index (Phi) is 7.36. The molecule has 2 fully saturated rings. The number of terminal acetylenes is 1. The van der Waals surface area contributed by atoms with Crippen molar-refractivity contribution in [2.24, 2.45) is 5.92 Å². The molecule has 1 saturated heterocycles. The lowest BCUT2D eigenvalue weighted by molar-refractivity contribution is -0.137. The van der Waals surface area contributed by atoms with Gasteiger partial charge in [0.05, 0.1) is 24.8 Å². The normalized spacial score (nSPS) is 18.9. The molecular formula is C27H29F3N6O3. The van der Waals surface area contributed by atoms with Crippen molar-refractivity contribution in [1.29, 1.82) is 0 Å². The Morgan fingerprint density at radius 3 is 2.62 bits per heavy atom. The molecule has 3 heterocycles. The third-order valence-electron chi connectivity index (χ3n) is 7.38. The van der Waals surface area contributed by atoms with Crippen LogP contribution in [-0.4, -0.2) is 62.4 Å². The number of halogens is 3. The fraction of sp³-hybridized carbons (Fsp3) is 0.481. The van der Waals surface area contributed by atoms with E-state index < -0.39 is 17.7 Å². The number of nitrogens with one attached hydrogen (secondary N) is 1. The maximum atomic E-state index is 13.2. The summed E-state index contributed by atoms with van der Waals surface area (Å²) in [6, 6.07) is 4.97. The molecule has 1 aliphatic carbocycles.